The first-order valence-corrected chi connectivity index (χ1v) is 8.47. The Morgan fingerprint density at radius 1 is 0.643 bits per heavy atom. The number of rotatable bonds is 4. The van der Waals surface area contributed by atoms with Gasteiger partial charge in [0, 0.05) is 12.1 Å². The SMILES string of the molecule is Cc1ccc(C(=O)Oc2cc(O)c(OC(=O)c3ccc(C)cc3)cc2O)cc1. The highest BCUT2D eigenvalue weighted by molar-refractivity contribution is 5.92. The molecule has 0 amide bonds. The van der Waals surface area contributed by atoms with Crippen molar-refractivity contribution in [2.24, 2.45) is 0 Å². The van der Waals surface area contributed by atoms with Crippen LogP contribution in [0, 0.1) is 13.8 Å². The van der Waals surface area contributed by atoms with Crippen LogP contribution in [0.3, 0.4) is 0 Å². The zero-order valence-electron chi connectivity index (χ0n) is 15.3. The molecular weight excluding hydrogens is 360 g/mol. The minimum absolute atomic E-state index is 0.252. The van der Waals surface area contributed by atoms with E-state index in [-0.39, 0.29) is 11.5 Å². The maximum atomic E-state index is 12.2. The molecule has 0 saturated heterocycles. The highest BCUT2D eigenvalue weighted by Crippen LogP contribution is 2.38. The maximum Gasteiger partial charge on any atom is 0.343 e. The molecule has 0 unspecified atom stereocenters. The van der Waals surface area contributed by atoms with E-state index >= 15 is 0 Å². The summed E-state index contributed by atoms with van der Waals surface area (Å²) < 4.78 is 10.2. The van der Waals surface area contributed by atoms with Gasteiger partial charge in [-0.05, 0) is 38.1 Å². The first kappa shape index (κ1) is 19.0. The fourth-order valence-corrected chi connectivity index (χ4v) is 2.40. The summed E-state index contributed by atoms with van der Waals surface area (Å²) in [6, 6.07) is 15.4. The third kappa shape index (κ3) is 4.29. The van der Waals surface area contributed by atoms with Gasteiger partial charge in [0.1, 0.15) is 0 Å². The van der Waals surface area contributed by atoms with Gasteiger partial charge in [-0.15, -0.1) is 0 Å². The van der Waals surface area contributed by atoms with Gasteiger partial charge in [0.2, 0.25) is 0 Å². The smallest absolute Gasteiger partial charge is 0.343 e. The third-order valence-electron chi connectivity index (χ3n) is 4.02. The minimum Gasteiger partial charge on any atom is -0.504 e. The number of aryl methyl sites for hydroxylation is 2. The normalized spacial score (nSPS) is 10.4. The standard InChI is InChI=1S/C22H18O6/c1-13-3-7-15(8-4-13)21(25)27-19-11-18(24)20(12-17(19)23)28-22(26)16-9-5-14(2)6-10-16/h3-12,23-24H,1-2H3. The highest BCUT2D eigenvalue weighted by Gasteiger charge is 2.18. The molecule has 6 heteroatoms. The predicted octanol–water partition coefficient (Wildman–Crippen LogP) is 4.15. The van der Waals surface area contributed by atoms with Crippen LogP contribution in [-0.4, -0.2) is 22.2 Å². The number of ether oxygens (including phenoxy) is 2. The average molecular weight is 378 g/mol. The molecule has 0 heterocycles. The van der Waals surface area contributed by atoms with Gasteiger partial charge in [0.15, 0.2) is 23.0 Å². The quantitative estimate of drug-likeness (QED) is 0.402. The molecule has 0 aliphatic rings. The largest absolute Gasteiger partial charge is 0.504 e. The molecule has 0 atom stereocenters. The average Bonchev–Trinajstić information content (AvgIpc) is 2.66. The van der Waals surface area contributed by atoms with E-state index in [1.807, 2.05) is 13.8 Å². The molecule has 3 aromatic carbocycles. The second-order valence-corrected chi connectivity index (χ2v) is 6.30. The van der Waals surface area contributed by atoms with Gasteiger partial charge >= 0.3 is 11.9 Å². The predicted molar refractivity (Wildman–Crippen MR) is 102 cm³/mol. The fourth-order valence-electron chi connectivity index (χ4n) is 2.40. The van der Waals surface area contributed by atoms with E-state index in [1.54, 1.807) is 48.5 Å². The molecule has 28 heavy (non-hydrogen) atoms. The Morgan fingerprint density at radius 3 is 1.29 bits per heavy atom. The lowest BCUT2D eigenvalue weighted by Gasteiger charge is -2.11. The van der Waals surface area contributed by atoms with E-state index in [0.29, 0.717) is 11.1 Å². The van der Waals surface area contributed by atoms with E-state index in [2.05, 4.69) is 0 Å². The van der Waals surface area contributed by atoms with Crippen molar-refractivity contribution in [3.8, 4) is 23.0 Å². The van der Waals surface area contributed by atoms with Crippen LogP contribution < -0.4 is 9.47 Å². The van der Waals surface area contributed by atoms with Crippen molar-refractivity contribution >= 4 is 11.9 Å². The summed E-state index contributed by atoms with van der Waals surface area (Å²) in [5.74, 6) is -2.80. The number of carbonyl (C=O) groups excluding carboxylic acids is 2. The van der Waals surface area contributed by atoms with E-state index in [1.165, 1.54) is 0 Å². The Morgan fingerprint density at radius 2 is 0.964 bits per heavy atom. The third-order valence-corrected chi connectivity index (χ3v) is 4.02. The van der Waals surface area contributed by atoms with Gasteiger partial charge in [-0.1, -0.05) is 35.4 Å². The number of aromatic hydroxyl groups is 2. The van der Waals surface area contributed by atoms with E-state index in [4.69, 9.17) is 9.47 Å². The molecule has 0 saturated carbocycles. The molecule has 142 valence electrons. The van der Waals surface area contributed by atoms with Crippen LogP contribution in [0.25, 0.3) is 0 Å². The van der Waals surface area contributed by atoms with Crippen LogP contribution in [-0.2, 0) is 0 Å². The van der Waals surface area contributed by atoms with Gasteiger partial charge in [-0.2, -0.15) is 0 Å². The fraction of sp³-hybridized carbons (Fsp3) is 0.0909. The summed E-state index contributed by atoms with van der Waals surface area (Å²) in [5.41, 5.74) is 2.55. The lowest BCUT2D eigenvalue weighted by Crippen LogP contribution is -2.10. The van der Waals surface area contributed by atoms with Crippen molar-refractivity contribution in [3.05, 3.63) is 82.9 Å². The van der Waals surface area contributed by atoms with Crippen molar-refractivity contribution in [2.45, 2.75) is 13.8 Å². The number of hydrogen-bond donors (Lipinski definition) is 2. The summed E-state index contributed by atoms with van der Waals surface area (Å²) in [6.07, 6.45) is 0. The van der Waals surface area contributed by atoms with E-state index in [0.717, 1.165) is 23.3 Å². The second-order valence-electron chi connectivity index (χ2n) is 6.30. The molecule has 6 nitrogen and oxygen atoms in total. The molecule has 0 fully saturated rings. The summed E-state index contributed by atoms with van der Waals surface area (Å²) in [7, 11) is 0. The van der Waals surface area contributed by atoms with Crippen LogP contribution >= 0.6 is 0 Å². The Balaban J connectivity index is 1.76. The van der Waals surface area contributed by atoms with Crippen LogP contribution in [0.4, 0.5) is 0 Å². The minimum atomic E-state index is -0.695. The lowest BCUT2D eigenvalue weighted by atomic mass is 10.1. The van der Waals surface area contributed by atoms with Crippen molar-refractivity contribution in [1.82, 2.24) is 0 Å². The summed E-state index contributed by atoms with van der Waals surface area (Å²) in [6.45, 7) is 3.77. The summed E-state index contributed by atoms with van der Waals surface area (Å²) >= 11 is 0. The van der Waals surface area contributed by atoms with Gasteiger partial charge in [-0.25, -0.2) is 9.59 Å². The Labute approximate surface area is 161 Å². The number of carbonyl (C=O) groups is 2. The Hall–Kier alpha value is -3.80. The first-order valence-electron chi connectivity index (χ1n) is 8.47. The van der Waals surface area contributed by atoms with Gasteiger partial charge in [0.05, 0.1) is 11.1 Å². The second kappa shape index (κ2) is 7.84. The number of benzene rings is 3. The number of hydrogen-bond acceptors (Lipinski definition) is 6. The molecule has 0 radical (unpaired) electrons. The maximum absolute atomic E-state index is 12.2. The zero-order chi connectivity index (χ0) is 20.3. The van der Waals surface area contributed by atoms with Crippen molar-refractivity contribution in [3.63, 3.8) is 0 Å². The van der Waals surface area contributed by atoms with Gasteiger partial charge in [-0.3, -0.25) is 0 Å². The molecule has 0 aromatic heterocycles. The van der Waals surface area contributed by atoms with Crippen molar-refractivity contribution < 1.29 is 29.3 Å². The monoisotopic (exact) mass is 378 g/mol. The van der Waals surface area contributed by atoms with Crippen molar-refractivity contribution in [1.29, 1.82) is 0 Å². The summed E-state index contributed by atoms with van der Waals surface area (Å²) in [4.78, 5) is 24.3. The number of phenolic OH excluding ortho intramolecular Hbond substituents is 2. The molecule has 3 rings (SSSR count). The molecule has 0 bridgehead atoms. The Bertz CT molecular complexity index is 935. The molecule has 0 aliphatic carbocycles. The van der Waals surface area contributed by atoms with Gasteiger partial charge in [0.25, 0.3) is 0 Å². The number of phenols is 2. The first-order chi connectivity index (χ1) is 13.3. The zero-order valence-corrected chi connectivity index (χ0v) is 15.3. The van der Waals surface area contributed by atoms with Crippen LogP contribution in [0.15, 0.2) is 60.7 Å². The van der Waals surface area contributed by atoms with Crippen molar-refractivity contribution in [2.75, 3.05) is 0 Å². The van der Waals surface area contributed by atoms with E-state index < -0.39 is 23.4 Å². The van der Waals surface area contributed by atoms with Gasteiger partial charge < -0.3 is 19.7 Å². The molecular formula is C22H18O6. The molecule has 3 aromatic rings. The Kier molecular flexibility index (Phi) is 5.31. The lowest BCUT2D eigenvalue weighted by molar-refractivity contribution is 0.0711. The molecule has 0 aliphatic heterocycles. The topological polar surface area (TPSA) is 93.1 Å². The van der Waals surface area contributed by atoms with Crippen LogP contribution in [0.5, 0.6) is 23.0 Å². The molecule has 2 N–H and O–H groups in total. The van der Waals surface area contributed by atoms with E-state index in [9.17, 15) is 19.8 Å². The summed E-state index contributed by atoms with van der Waals surface area (Å²) in [5, 5.41) is 20.2. The van der Waals surface area contributed by atoms with Crippen LogP contribution in [0.2, 0.25) is 0 Å². The molecule has 0 spiro atoms. The van der Waals surface area contributed by atoms with Crippen LogP contribution in [0.1, 0.15) is 31.8 Å². The number of esters is 2. The highest BCUT2D eigenvalue weighted by atomic mass is 16.5.